The van der Waals surface area contributed by atoms with E-state index >= 15 is 0 Å². The van der Waals surface area contributed by atoms with Crippen molar-refractivity contribution >= 4 is 17.9 Å². The smallest absolute Gasteiger partial charge is 0.306 e. The van der Waals surface area contributed by atoms with Crippen LogP contribution in [0.2, 0.25) is 0 Å². The Labute approximate surface area is 303 Å². The molecule has 0 fully saturated rings. The molecule has 0 radical (unpaired) electrons. The van der Waals surface area contributed by atoms with Crippen LogP contribution in [0.3, 0.4) is 0 Å². The summed E-state index contributed by atoms with van der Waals surface area (Å²) in [5.74, 6) is -0.930. The average molecular weight is 691 g/mol. The fourth-order valence-electron chi connectivity index (χ4n) is 5.73. The molecule has 0 aliphatic carbocycles. The lowest BCUT2D eigenvalue weighted by molar-refractivity contribution is -0.167. The highest BCUT2D eigenvalue weighted by atomic mass is 16.6. The molecule has 49 heavy (non-hydrogen) atoms. The number of carbonyl (C=O) groups is 3. The Morgan fingerprint density at radius 2 is 0.694 bits per heavy atom. The summed E-state index contributed by atoms with van der Waals surface area (Å²) in [7, 11) is 0. The van der Waals surface area contributed by atoms with Crippen LogP contribution in [0.1, 0.15) is 213 Å². The van der Waals surface area contributed by atoms with E-state index in [9.17, 15) is 14.4 Å². The normalized spacial score (nSPS) is 12.1. The molecule has 0 spiro atoms. The van der Waals surface area contributed by atoms with Crippen molar-refractivity contribution in [3.63, 3.8) is 0 Å². The Balaban J connectivity index is 4.39. The van der Waals surface area contributed by atoms with E-state index in [4.69, 9.17) is 14.2 Å². The van der Waals surface area contributed by atoms with Crippen molar-refractivity contribution in [1.29, 1.82) is 0 Å². The van der Waals surface area contributed by atoms with Gasteiger partial charge in [0, 0.05) is 19.3 Å². The van der Waals surface area contributed by atoms with Crippen molar-refractivity contribution in [2.24, 2.45) is 0 Å². The Kier molecular flexibility index (Phi) is 37.0. The van der Waals surface area contributed by atoms with Crippen LogP contribution in [0.25, 0.3) is 0 Å². The van der Waals surface area contributed by atoms with Gasteiger partial charge in [0.05, 0.1) is 0 Å². The van der Waals surface area contributed by atoms with E-state index in [1.165, 1.54) is 109 Å². The third-order valence-electron chi connectivity index (χ3n) is 8.93. The molecule has 0 rings (SSSR count). The molecule has 0 amide bonds. The average Bonchev–Trinajstić information content (AvgIpc) is 3.10. The van der Waals surface area contributed by atoms with E-state index in [-0.39, 0.29) is 31.1 Å². The molecule has 0 aromatic carbocycles. The lowest BCUT2D eigenvalue weighted by Gasteiger charge is -2.18. The zero-order chi connectivity index (χ0) is 35.9. The van der Waals surface area contributed by atoms with Crippen molar-refractivity contribution in [1.82, 2.24) is 0 Å². The van der Waals surface area contributed by atoms with E-state index in [1.54, 1.807) is 0 Å². The van der Waals surface area contributed by atoms with Gasteiger partial charge >= 0.3 is 17.9 Å². The Bertz CT molecular complexity index is 804. The van der Waals surface area contributed by atoms with E-state index < -0.39 is 6.10 Å². The molecule has 0 bridgehead atoms. The molecule has 286 valence electrons. The zero-order valence-electron chi connectivity index (χ0n) is 32.5. The maximum absolute atomic E-state index is 12.6. The minimum atomic E-state index is -0.776. The maximum atomic E-state index is 12.6. The molecule has 0 aromatic heterocycles. The molecule has 0 saturated heterocycles. The van der Waals surface area contributed by atoms with Crippen LogP contribution >= 0.6 is 0 Å². The van der Waals surface area contributed by atoms with Crippen molar-refractivity contribution in [2.75, 3.05) is 13.2 Å². The highest BCUT2D eigenvalue weighted by molar-refractivity contribution is 5.71. The van der Waals surface area contributed by atoms with Gasteiger partial charge in [-0.05, 0) is 64.2 Å². The second-order valence-electron chi connectivity index (χ2n) is 13.9. The molecule has 0 saturated carbocycles. The van der Waals surface area contributed by atoms with Crippen LogP contribution in [0.15, 0.2) is 24.3 Å². The summed E-state index contributed by atoms with van der Waals surface area (Å²) in [6.07, 6.45) is 40.2. The topological polar surface area (TPSA) is 78.9 Å². The van der Waals surface area contributed by atoms with Crippen LogP contribution in [-0.2, 0) is 28.6 Å². The minimum Gasteiger partial charge on any atom is -0.462 e. The summed E-state index contributed by atoms with van der Waals surface area (Å²) in [5.41, 5.74) is 0. The Morgan fingerprint density at radius 1 is 0.388 bits per heavy atom. The van der Waals surface area contributed by atoms with Crippen molar-refractivity contribution in [3.8, 4) is 0 Å². The number of hydrogen-bond acceptors (Lipinski definition) is 6. The second-order valence-corrected chi connectivity index (χ2v) is 13.9. The Morgan fingerprint density at radius 3 is 1.16 bits per heavy atom. The van der Waals surface area contributed by atoms with E-state index in [1.807, 2.05) is 0 Å². The van der Waals surface area contributed by atoms with Gasteiger partial charge < -0.3 is 14.2 Å². The molecule has 6 nitrogen and oxygen atoms in total. The van der Waals surface area contributed by atoms with Crippen LogP contribution in [0.4, 0.5) is 0 Å². The first-order valence-electron chi connectivity index (χ1n) is 20.8. The quantitative estimate of drug-likeness (QED) is 0.0279. The molecule has 6 heteroatoms. The molecular formula is C43H78O6. The van der Waals surface area contributed by atoms with Gasteiger partial charge in [0.2, 0.25) is 0 Å². The van der Waals surface area contributed by atoms with Gasteiger partial charge in [-0.2, -0.15) is 0 Å². The SMILES string of the molecule is CCCCC/C=C\CCCCCCCC(=O)OCC(COC(=O)CCC/C=C\CCCCCC)OC(=O)CCCCCCCCCCCC. The summed E-state index contributed by atoms with van der Waals surface area (Å²) < 4.78 is 16.6. The van der Waals surface area contributed by atoms with E-state index in [2.05, 4.69) is 45.1 Å². The van der Waals surface area contributed by atoms with Gasteiger partial charge in [-0.1, -0.05) is 154 Å². The first-order valence-corrected chi connectivity index (χ1v) is 20.8. The fourth-order valence-corrected chi connectivity index (χ4v) is 5.73. The van der Waals surface area contributed by atoms with Gasteiger partial charge in [-0.25, -0.2) is 0 Å². The maximum Gasteiger partial charge on any atom is 0.306 e. The summed E-state index contributed by atoms with van der Waals surface area (Å²) in [4.78, 5) is 37.4. The van der Waals surface area contributed by atoms with Crippen molar-refractivity contribution in [2.45, 2.75) is 219 Å². The van der Waals surface area contributed by atoms with Crippen molar-refractivity contribution < 1.29 is 28.6 Å². The van der Waals surface area contributed by atoms with Gasteiger partial charge in [0.25, 0.3) is 0 Å². The summed E-state index contributed by atoms with van der Waals surface area (Å²) >= 11 is 0. The zero-order valence-corrected chi connectivity index (χ0v) is 32.5. The van der Waals surface area contributed by atoms with Crippen LogP contribution in [0, 0.1) is 0 Å². The predicted octanol–water partition coefficient (Wildman–Crippen LogP) is 12.9. The highest BCUT2D eigenvalue weighted by Gasteiger charge is 2.19. The summed E-state index contributed by atoms with van der Waals surface area (Å²) in [6.45, 7) is 6.52. The lowest BCUT2D eigenvalue weighted by Crippen LogP contribution is -2.30. The number of rotatable bonds is 37. The number of esters is 3. The standard InChI is InChI=1S/C43H78O6/c1-4-7-10-13-16-19-21-22-25-27-30-33-36-42(45)48-39-40(38-47-41(44)35-32-29-26-23-18-15-12-9-6-3)49-43(46)37-34-31-28-24-20-17-14-11-8-5-2/h16,19,23,26,40H,4-15,17-18,20-22,24-25,27-39H2,1-3H3/b19-16-,26-23-. The van der Waals surface area contributed by atoms with Crippen LogP contribution < -0.4 is 0 Å². The summed E-state index contributed by atoms with van der Waals surface area (Å²) in [5, 5.41) is 0. The monoisotopic (exact) mass is 691 g/mol. The van der Waals surface area contributed by atoms with Gasteiger partial charge in [-0.15, -0.1) is 0 Å². The fraction of sp³-hybridized carbons (Fsp3) is 0.837. The molecule has 0 aromatic rings. The molecule has 0 N–H and O–H groups in total. The molecule has 0 heterocycles. The van der Waals surface area contributed by atoms with Gasteiger partial charge in [0.1, 0.15) is 13.2 Å². The van der Waals surface area contributed by atoms with E-state index in [0.29, 0.717) is 19.3 Å². The molecule has 1 atom stereocenters. The van der Waals surface area contributed by atoms with Crippen molar-refractivity contribution in [3.05, 3.63) is 24.3 Å². The first-order chi connectivity index (χ1) is 24.0. The first kappa shape index (κ1) is 46.9. The van der Waals surface area contributed by atoms with Crippen LogP contribution in [0.5, 0.6) is 0 Å². The number of allylic oxidation sites excluding steroid dienone is 4. The highest BCUT2D eigenvalue weighted by Crippen LogP contribution is 2.13. The molecule has 1 unspecified atom stereocenters. The van der Waals surface area contributed by atoms with E-state index in [0.717, 1.165) is 64.2 Å². The third kappa shape index (κ3) is 37.0. The predicted molar refractivity (Wildman–Crippen MR) is 206 cm³/mol. The molecular weight excluding hydrogens is 612 g/mol. The number of hydrogen-bond donors (Lipinski definition) is 0. The van der Waals surface area contributed by atoms with Gasteiger partial charge in [0.15, 0.2) is 6.10 Å². The third-order valence-corrected chi connectivity index (χ3v) is 8.93. The lowest BCUT2D eigenvalue weighted by atomic mass is 10.1. The van der Waals surface area contributed by atoms with Gasteiger partial charge in [-0.3, -0.25) is 14.4 Å². The van der Waals surface area contributed by atoms with Crippen LogP contribution in [-0.4, -0.2) is 37.2 Å². The number of unbranched alkanes of at least 4 members (excludes halogenated alkanes) is 22. The Hall–Kier alpha value is -2.11. The largest absolute Gasteiger partial charge is 0.462 e. The second kappa shape index (κ2) is 38.7. The molecule has 0 aliphatic heterocycles. The molecule has 0 aliphatic rings. The summed E-state index contributed by atoms with van der Waals surface area (Å²) in [6, 6.07) is 0. The number of ether oxygens (including phenoxy) is 3. The minimum absolute atomic E-state index is 0.0821. The number of carbonyl (C=O) groups excluding carboxylic acids is 3.